The minimum atomic E-state index is -4.88. The van der Waals surface area contributed by atoms with E-state index in [4.69, 9.17) is 16.7 Å². The lowest BCUT2D eigenvalue weighted by Crippen LogP contribution is -2.36. The average molecular weight is 388 g/mol. The third-order valence-electron chi connectivity index (χ3n) is 3.62. The lowest BCUT2D eigenvalue weighted by atomic mass is 10.1. The van der Waals surface area contributed by atoms with Crippen LogP contribution in [0.2, 0.25) is 5.15 Å². The van der Waals surface area contributed by atoms with E-state index in [1.807, 2.05) is 0 Å². The number of pyridine rings is 1. The number of aliphatic hydroxyl groups is 1. The van der Waals surface area contributed by atoms with Crippen LogP contribution in [0.1, 0.15) is 0 Å². The van der Waals surface area contributed by atoms with Gasteiger partial charge in [-0.2, -0.15) is 13.2 Å². The van der Waals surface area contributed by atoms with Crippen molar-refractivity contribution in [3.63, 3.8) is 0 Å². The molecule has 0 spiro atoms. The zero-order chi connectivity index (χ0) is 19.1. The van der Waals surface area contributed by atoms with Crippen molar-refractivity contribution in [2.24, 2.45) is 0 Å². The highest BCUT2D eigenvalue weighted by Gasteiger charge is 2.38. The Labute approximate surface area is 148 Å². The molecular formula is C16H10ClF4N3O2. The fourth-order valence-corrected chi connectivity index (χ4v) is 2.59. The van der Waals surface area contributed by atoms with Crippen LogP contribution in [-0.2, 0) is 6.54 Å². The first-order valence-electron chi connectivity index (χ1n) is 7.23. The summed E-state index contributed by atoms with van der Waals surface area (Å²) in [4.78, 5) is 20.5. The molecule has 0 aliphatic carbocycles. The van der Waals surface area contributed by atoms with E-state index in [-0.39, 0.29) is 21.7 Å². The summed E-state index contributed by atoms with van der Waals surface area (Å²) in [5.74, 6) is -0.543. The van der Waals surface area contributed by atoms with E-state index >= 15 is 0 Å². The van der Waals surface area contributed by atoms with Crippen LogP contribution in [0.15, 0.2) is 41.5 Å². The van der Waals surface area contributed by atoms with Crippen molar-refractivity contribution in [1.29, 1.82) is 0 Å². The number of benzene rings is 1. The molecule has 0 saturated carbocycles. The van der Waals surface area contributed by atoms with Gasteiger partial charge in [-0.3, -0.25) is 9.36 Å². The van der Waals surface area contributed by atoms with Crippen LogP contribution in [-0.4, -0.2) is 31.9 Å². The highest BCUT2D eigenvalue weighted by molar-refractivity contribution is 6.30. The van der Waals surface area contributed by atoms with Crippen molar-refractivity contribution in [3.8, 4) is 11.3 Å². The fourth-order valence-electron chi connectivity index (χ4n) is 2.39. The third kappa shape index (κ3) is 3.54. The number of nitrogens with zero attached hydrogens (tertiary/aromatic N) is 3. The summed E-state index contributed by atoms with van der Waals surface area (Å²) in [6, 6.07) is 6.50. The molecule has 1 N–H and O–H groups in total. The van der Waals surface area contributed by atoms with Gasteiger partial charge in [-0.25, -0.2) is 14.4 Å². The van der Waals surface area contributed by atoms with Gasteiger partial charge < -0.3 is 5.11 Å². The zero-order valence-corrected chi connectivity index (χ0v) is 13.6. The highest BCUT2D eigenvalue weighted by atomic mass is 35.5. The molecule has 0 saturated heterocycles. The van der Waals surface area contributed by atoms with Gasteiger partial charge >= 0.3 is 6.18 Å². The second-order valence-electron chi connectivity index (χ2n) is 5.46. The third-order valence-corrected chi connectivity index (χ3v) is 3.82. The molecule has 0 aliphatic heterocycles. The van der Waals surface area contributed by atoms with Gasteiger partial charge in [-0.05, 0) is 18.2 Å². The molecule has 3 aromatic rings. The monoisotopic (exact) mass is 387 g/mol. The Balaban J connectivity index is 2.17. The molecule has 1 unspecified atom stereocenters. The maximum absolute atomic E-state index is 13.5. The largest absolute Gasteiger partial charge is 0.416 e. The Hall–Kier alpha value is -2.52. The normalized spacial score (nSPS) is 13.2. The van der Waals surface area contributed by atoms with E-state index < -0.39 is 30.2 Å². The van der Waals surface area contributed by atoms with Crippen LogP contribution in [0.4, 0.5) is 17.6 Å². The summed E-state index contributed by atoms with van der Waals surface area (Å²) >= 11 is 5.91. The summed E-state index contributed by atoms with van der Waals surface area (Å²) in [6.07, 6.45) is -6.73. The minimum Gasteiger partial charge on any atom is -0.382 e. The summed E-state index contributed by atoms with van der Waals surface area (Å²) in [5.41, 5.74) is -0.354. The fraction of sp³-hybridized carbons (Fsp3) is 0.188. The molecule has 26 heavy (non-hydrogen) atoms. The standard InChI is InChI=1S/C16H10ClF4N3O2/c17-12-5-10-14(13(23-12)8-2-1-3-9(18)4-8)22-7-24(15(10)26)6-11(25)16(19,20)21/h1-5,7,11,25H,6H2. The molecule has 2 aromatic heterocycles. The molecular weight excluding hydrogens is 378 g/mol. The highest BCUT2D eigenvalue weighted by Crippen LogP contribution is 2.27. The van der Waals surface area contributed by atoms with Crippen LogP contribution in [0.25, 0.3) is 22.2 Å². The number of halogens is 5. The predicted octanol–water partition coefficient (Wildman–Crippen LogP) is 3.17. The summed E-state index contributed by atoms with van der Waals surface area (Å²) < 4.78 is 51.6. The number of rotatable bonds is 3. The first-order chi connectivity index (χ1) is 12.2. The second kappa shape index (κ2) is 6.65. The Kier molecular flexibility index (Phi) is 4.68. The molecule has 5 nitrogen and oxygen atoms in total. The van der Waals surface area contributed by atoms with Crippen molar-refractivity contribution in [3.05, 3.63) is 58.0 Å². The molecule has 1 aromatic carbocycles. The molecule has 0 amide bonds. The van der Waals surface area contributed by atoms with Gasteiger partial charge in [0.05, 0.1) is 24.0 Å². The molecule has 0 aliphatic rings. The van der Waals surface area contributed by atoms with Crippen LogP contribution in [0, 0.1) is 5.82 Å². The van der Waals surface area contributed by atoms with Gasteiger partial charge in [0.25, 0.3) is 5.56 Å². The summed E-state index contributed by atoms with van der Waals surface area (Å²) in [5, 5.41) is 8.96. The molecule has 0 bridgehead atoms. The van der Waals surface area contributed by atoms with Crippen molar-refractivity contribution >= 4 is 22.5 Å². The van der Waals surface area contributed by atoms with Crippen molar-refractivity contribution in [1.82, 2.24) is 14.5 Å². The molecule has 1 atom stereocenters. The van der Waals surface area contributed by atoms with Gasteiger partial charge in [-0.1, -0.05) is 23.7 Å². The topological polar surface area (TPSA) is 68.0 Å². The number of fused-ring (bicyclic) bond motifs is 1. The average Bonchev–Trinajstić information content (AvgIpc) is 2.56. The molecule has 10 heteroatoms. The Morgan fingerprint density at radius 1 is 1.27 bits per heavy atom. The molecule has 136 valence electrons. The van der Waals surface area contributed by atoms with E-state index in [0.29, 0.717) is 10.1 Å². The lowest BCUT2D eigenvalue weighted by Gasteiger charge is -2.16. The zero-order valence-electron chi connectivity index (χ0n) is 12.8. The summed E-state index contributed by atoms with van der Waals surface area (Å²) in [6.45, 7) is -1.01. The van der Waals surface area contributed by atoms with Crippen LogP contribution < -0.4 is 5.56 Å². The molecule has 3 rings (SSSR count). The second-order valence-corrected chi connectivity index (χ2v) is 5.85. The predicted molar refractivity (Wildman–Crippen MR) is 86.3 cm³/mol. The van der Waals surface area contributed by atoms with Crippen molar-refractivity contribution in [2.75, 3.05) is 0 Å². The quantitative estimate of drug-likeness (QED) is 0.553. The lowest BCUT2D eigenvalue weighted by molar-refractivity contribution is -0.207. The van der Waals surface area contributed by atoms with Crippen molar-refractivity contribution < 1.29 is 22.7 Å². The molecule has 0 radical (unpaired) electrons. The first-order valence-corrected chi connectivity index (χ1v) is 7.61. The molecule has 2 heterocycles. The van der Waals surface area contributed by atoms with Crippen LogP contribution in [0.5, 0.6) is 0 Å². The number of hydrogen-bond acceptors (Lipinski definition) is 4. The van der Waals surface area contributed by atoms with Gasteiger partial charge in [0.15, 0.2) is 6.10 Å². The van der Waals surface area contributed by atoms with E-state index in [0.717, 1.165) is 12.4 Å². The Morgan fingerprint density at radius 3 is 2.65 bits per heavy atom. The van der Waals surface area contributed by atoms with E-state index in [1.165, 1.54) is 24.3 Å². The number of hydrogen-bond donors (Lipinski definition) is 1. The van der Waals surface area contributed by atoms with Gasteiger partial charge in [-0.15, -0.1) is 0 Å². The van der Waals surface area contributed by atoms with E-state index in [9.17, 15) is 22.4 Å². The number of aliphatic hydroxyl groups excluding tert-OH is 1. The summed E-state index contributed by atoms with van der Waals surface area (Å²) in [7, 11) is 0. The minimum absolute atomic E-state index is 0.0581. The SMILES string of the molecule is O=c1c2cc(Cl)nc(-c3cccc(F)c3)c2ncn1CC(O)C(F)(F)F. The van der Waals surface area contributed by atoms with Gasteiger partial charge in [0, 0.05) is 5.56 Å². The van der Waals surface area contributed by atoms with E-state index in [1.54, 1.807) is 0 Å². The van der Waals surface area contributed by atoms with Gasteiger partial charge in [0.1, 0.15) is 16.5 Å². The smallest absolute Gasteiger partial charge is 0.382 e. The number of aromatic nitrogens is 3. The van der Waals surface area contributed by atoms with Gasteiger partial charge in [0.2, 0.25) is 0 Å². The Morgan fingerprint density at radius 2 is 2.00 bits per heavy atom. The van der Waals surface area contributed by atoms with Crippen LogP contribution in [0.3, 0.4) is 0 Å². The maximum Gasteiger partial charge on any atom is 0.416 e. The Bertz CT molecular complexity index is 1040. The maximum atomic E-state index is 13.5. The first kappa shape index (κ1) is 18.3. The van der Waals surface area contributed by atoms with Crippen molar-refractivity contribution in [2.45, 2.75) is 18.8 Å². The molecule has 0 fully saturated rings. The van der Waals surface area contributed by atoms with Crippen LogP contribution >= 0.6 is 11.6 Å². The van der Waals surface area contributed by atoms with E-state index in [2.05, 4.69) is 9.97 Å². The number of alkyl halides is 3.